The van der Waals surface area contributed by atoms with Crippen LogP contribution >= 0.6 is 0 Å². The van der Waals surface area contributed by atoms with Crippen LogP contribution in [-0.2, 0) is 16.1 Å². The lowest BCUT2D eigenvalue weighted by Gasteiger charge is -2.19. The predicted molar refractivity (Wildman–Crippen MR) is 104 cm³/mol. The summed E-state index contributed by atoms with van der Waals surface area (Å²) in [6.45, 7) is 7.01. The molecular weight excluding hydrogens is 310 g/mol. The van der Waals surface area contributed by atoms with Crippen LogP contribution in [0.2, 0.25) is 0 Å². The predicted octanol–water partition coefficient (Wildman–Crippen LogP) is 4.81. The van der Waals surface area contributed by atoms with Gasteiger partial charge >= 0.3 is 5.97 Å². The second-order valence-corrected chi connectivity index (χ2v) is 7.35. The second kappa shape index (κ2) is 7.24. The van der Waals surface area contributed by atoms with Crippen molar-refractivity contribution in [3.63, 3.8) is 0 Å². The minimum absolute atomic E-state index is 0.163. The Morgan fingerprint density at radius 2 is 1.64 bits per heavy atom. The van der Waals surface area contributed by atoms with Gasteiger partial charge in [-0.25, -0.2) is 0 Å². The molecular formula is C22H25NO2. The third-order valence-electron chi connectivity index (χ3n) is 4.08. The maximum absolute atomic E-state index is 11.8. The van der Waals surface area contributed by atoms with E-state index in [-0.39, 0.29) is 5.97 Å². The summed E-state index contributed by atoms with van der Waals surface area (Å²) in [4.78, 5) is 11.8. The average Bonchev–Trinajstić information content (AvgIpc) is 2.55. The van der Waals surface area contributed by atoms with E-state index in [0.29, 0.717) is 13.0 Å². The average molecular weight is 335 g/mol. The van der Waals surface area contributed by atoms with Crippen LogP contribution in [0.1, 0.15) is 32.8 Å². The van der Waals surface area contributed by atoms with Crippen LogP contribution in [-0.4, -0.2) is 18.1 Å². The molecule has 25 heavy (non-hydrogen) atoms. The fourth-order valence-electron chi connectivity index (χ4n) is 2.99. The first kappa shape index (κ1) is 17.4. The van der Waals surface area contributed by atoms with Crippen molar-refractivity contribution in [1.29, 1.82) is 0 Å². The van der Waals surface area contributed by atoms with E-state index in [2.05, 4.69) is 59.9 Å². The van der Waals surface area contributed by atoms with Crippen molar-refractivity contribution in [2.24, 2.45) is 0 Å². The number of benzene rings is 3. The Hall–Kier alpha value is -2.39. The first-order valence-corrected chi connectivity index (χ1v) is 8.75. The molecule has 3 aromatic carbocycles. The maximum atomic E-state index is 11.8. The number of hydrogen-bond donors (Lipinski definition) is 1. The van der Waals surface area contributed by atoms with E-state index in [4.69, 9.17) is 4.74 Å². The molecule has 0 fully saturated rings. The van der Waals surface area contributed by atoms with E-state index in [9.17, 15) is 4.79 Å². The van der Waals surface area contributed by atoms with Gasteiger partial charge in [0.2, 0.25) is 0 Å². The summed E-state index contributed by atoms with van der Waals surface area (Å²) >= 11 is 0. The van der Waals surface area contributed by atoms with Crippen molar-refractivity contribution in [3.05, 3.63) is 60.2 Å². The zero-order valence-electron chi connectivity index (χ0n) is 15.1. The van der Waals surface area contributed by atoms with Crippen molar-refractivity contribution in [1.82, 2.24) is 5.32 Å². The second-order valence-electron chi connectivity index (χ2n) is 7.35. The summed E-state index contributed by atoms with van der Waals surface area (Å²) in [5, 5.41) is 8.36. The van der Waals surface area contributed by atoms with E-state index in [1.807, 2.05) is 20.8 Å². The number of carbonyl (C=O) groups excluding carboxylic acids is 1. The zero-order valence-corrected chi connectivity index (χ0v) is 15.1. The Morgan fingerprint density at radius 1 is 0.960 bits per heavy atom. The third kappa shape index (κ3) is 4.58. The van der Waals surface area contributed by atoms with Crippen LogP contribution in [0.4, 0.5) is 0 Å². The van der Waals surface area contributed by atoms with E-state index in [1.165, 1.54) is 27.1 Å². The van der Waals surface area contributed by atoms with Gasteiger partial charge < -0.3 is 10.1 Å². The highest BCUT2D eigenvalue weighted by Crippen LogP contribution is 2.25. The van der Waals surface area contributed by atoms with Crippen LogP contribution in [0, 0.1) is 0 Å². The third-order valence-corrected chi connectivity index (χ3v) is 4.08. The van der Waals surface area contributed by atoms with Gasteiger partial charge in [-0.15, -0.1) is 0 Å². The molecule has 1 N–H and O–H groups in total. The zero-order chi connectivity index (χ0) is 17.9. The Bertz CT molecular complexity index is 893. The van der Waals surface area contributed by atoms with Gasteiger partial charge in [-0.2, -0.15) is 0 Å². The monoisotopic (exact) mass is 335 g/mol. The molecule has 0 amide bonds. The van der Waals surface area contributed by atoms with Crippen molar-refractivity contribution in [3.8, 4) is 0 Å². The van der Waals surface area contributed by atoms with Crippen molar-refractivity contribution < 1.29 is 9.53 Å². The molecule has 0 aliphatic rings. The fraction of sp³-hybridized carbons (Fsp3) is 0.318. The van der Waals surface area contributed by atoms with Crippen LogP contribution in [0.15, 0.2) is 54.6 Å². The largest absolute Gasteiger partial charge is 0.460 e. The molecule has 0 aromatic heterocycles. The van der Waals surface area contributed by atoms with Crippen molar-refractivity contribution in [2.45, 2.75) is 39.3 Å². The number of ether oxygens (including phenoxy) is 1. The van der Waals surface area contributed by atoms with Crippen LogP contribution in [0.5, 0.6) is 0 Å². The minimum Gasteiger partial charge on any atom is -0.460 e. The van der Waals surface area contributed by atoms with E-state index in [1.54, 1.807) is 0 Å². The molecule has 3 rings (SSSR count). The lowest BCUT2D eigenvalue weighted by Crippen LogP contribution is -2.26. The summed E-state index contributed by atoms with van der Waals surface area (Å²) in [5.41, 5.74) is 0.820. The van der Waals surface area contributed by atoms with Crippen LogP contribution < -0.4 is 5.32 Å². The summed E-state index contributed by atoms with van der Waals surface area (Å²) in [7, 11) is 0. The molecule has 0 aliphatic heterocycles. The summed E-state index contributed by atoms with van der Waals surface area (Å²) < 4.78 is 5.33. The van der Waals surface area contributed by atoms with Crippen molar-refractivity contribution in [2.75, 3.05) is 6.54 Å². The molecule has 0 radical (unpaired) electrons. The highest BCUT2D eigenvalue weighted by Gasteiger charge is 2.15. The van der Waals surface area contributed by atoms with Gasteiger partial charge in [0.05, 0.1) is 6.42 Å². The van der Waals surface area contributed by atoms with E-state index in [0.717, 1.165) is 6.54 Å². The molecule has 0 bridgehead atoms. The van der Waals surface area contributed by atoms with Crippen LogP contribution in [0.25, 0.3) is 21.5 Å². The molecule has 0 spiro atoms. The summed E-state index contributed by atoms with van der Waals surface area (Å²) in [6.07, 6.45) is 0.380. The molecule has 0 heterocycles. The molecule has 0 aliphatic carbocycles. The SMILES string of the molecule is CC(C)(C)OC(=O)CCNCc1cccc2cc3ccccc3cc12. The highest BCUT2D eigenvalue weighted by atomic mass is 16.6. The standard InChI is InChI=1S/C22H25NO2/c1-22(2,3)25-21(24)11-12-23-15-19-10-6-9-18-13-16-7-4-5-8-17(16)14-20(18)19/h4-10,13-14,23H,11-12,15H2,1-3H3. The lowest BCUT2D eigenvalue weighted by atomic mass is 10.00. The smallest absolute Gasteiger partial charge is 0.307 e. The molecule has 3 aromatic rings. The molecule has 0 saturated carbocycles. The Morgan fingerprint density at radius 3 is 2.36 bits per heavy atom. The Kier molecular flexibility index (Phi) is 5.05. The number of hydrogen-bond acceptors (Lipinski definition) is 3. The topological polar surface area (TPSA) is 38.3 Å². The van der Waals surface area contributed by atoms with Crippen molar-refractivity contribution >= 4 is 27.5 Å². The maximum Gasteiger partial charge on any atom is 0.307 e. The van der Waals surface area contributed by atoms with Gasteiger partial charge in [-0.05, 0) is 60.0 Å². The number of esters is 1. The van der Waals surface area contributed by atoms with Gasteiger partial charge in [0.25, 0.3) is 0 Å². The van der Waals surface area contributed by atoms with E-state index >= 15 is 0 Å². The molecule has 0 atom stereocenters. The molecule has 3 nitrogen and oxygen atoms in total. The van der Waals surface area contributed by atoms with Gasteiger partial charge in [-0.3, -0.25) is 4.79 Å². The summed E-state index contributed by atoms with van der Waals surface area (Å²) in [5.74, 6) is -0.163. The molecule has 130 valence electrons. The van der Waals surface area contributed by atoms with Gasteiger partial charge in [0.15, 0.2) is 0 Å². The molecule has 3 heteroatoms. The first-order chi connectivity index (χ1) is 11.9. The minimum atomic E-state index is -0.423. The lowest BCUT2D eigenvalue weighted by molar-refractivity contribution is -0.154. The quantitative estimate of drug-likeness (QED) is 0.413. The Balaban J connectivity index is 1.67. The Labute approximate surface area is 149 Å². The molecule has 0 saturated heterocycles. The number of rotatable bonds is 5. The summed E-state index contributed by atoms with van der Waals surface area (Å²) in [6, 6.07) is 19.3. The molecule has 0 unspecified atom stereocenters. The van der Waals surface area contributed by atoms with Gasteiger partial charge in [0, 0.05) is 13.1 Å². The number of carbonyl (C=O) groups is 1. The number of fused-ring (bicyclic) bond motifs is 2. The normalized spacial score (nSPS) is 11.8. The number of nitrogens with one attached hydrogen (secondary N) is 1. The van der Waals surface area contributed by atoms with Crippen LogP contribution in [0.3, 0.4) is 0 Å². The fourth-order valence-corrected chi connectivity index (χ4v) is 2.99. The van der Waals surface area contributed by atoms with Gasteiger partial charge in [0.1, 0.15) is 5.60 Å². The first-order valence-electron chi connectivity index (χ1n) is 8.75. The van der Waals surface area contributed by atoms with E-state index < -0.39 is 5.60 Å². The highest BCUT2D eigenvalue weighted by molar-refractivity contribution is 5.99. The van der Waals surface area contributed by atoms with Gasteiger partial charge in [-0.1, -0.05) is 42.5 Å².